The molecule has 0 saturated heterocycles. The van der Waals surface area contributed by atoms with Gasteiger partial charge >= 0.3 is 12.0 Å². The van der Waals surface area contributed by atoms with Crippen molar-refractivity contribution in [2.24, 2.45) is 0 Å². The summed E-state index contributed by atoms with van der Waals surface area (Å²) in [5.41, 5.74) is -0.0224. The maximum atomic E-state index is 13.1. The van der Waals surface area contributed by atoms with Crippen molar-refractivity contribution in [3.05, 3.63) is 41.2 Å². The van der Waals surface area contributed by atoms with Crippen molar-refractivity contribution in [1.29, 1.82) is 0 Å². The summed E-state index contributed by atoms with van der Waals surface area (Å²) in [6, 6.07) is 2.47. The van der Waals surface area contributed by atoms with Crippen LogP contribution in [-0.2, 0) is 22.3 Å². The number of benzene rings is 1. The van der Waals surface area contributed by atoms with Crippen LogP contribution in [0.25, 0.3) is 0 Å². The molecule has 0 radical (unpaired) electrons. The molecule has 0 spiro atoms. The fraction of sp³-hybridized carbons (Fsp3) is 0.308. The highest BCUT2D eigenvalue weighted by Gasteiger charge is 2.15. The van der Waals surface area contributed by atoms with Gasteiger partial charge in [0.2, 0.25) is 10.0 Å². The molecule has 24 heavy (non-hydrogen) atoms. The lowest BCUT2D eigenvalue weighted by atomic mass is 10.2. The van der Waals surface area contributed by atoms with Crippen LogP contribution in [0, 0.1) is 11.6 Å². The molecule has 0 fully saturated rings. The van der Waals surface area contributed by atoms with Gasteiger partial charge in [-0.15, -0.1) is 4.98 Å². The smallest absolute Gasteiger partial charge is 0.322 e. The lowest BCUT2D eigenvalue weighted by Crippen LogP contribution is -2.26. The molecule has 2 aromatic rings. The summed E-state index contributed by atoms with van der Waals surface area (Å²) < 4.78 is 62.2. The first-order valence-corrected chi connectivity index (χ1v) is 8.22. The average molecular weight is 360 g/mol. The number of halogens is 2. The van der Waals surface area contributed by atoms with Crippen LogP contribution in [0.3, 0.4) is 0 Å². The van der Waals surface area contributed by atoms with Crippen LogP contribution in [0.4, 0.5) is 8.78 Å². The lowest BCUT2D eigenvalue weighted by Gasteiger charge is -2.08. The van der Waals surface area contributed by atoms with Gasteiger partial charge in [0.25, 0.3) is 0 Å². The van der Waals surface area contributed by atoms with Crippen LogP contribution in [0.2, 0.25) is 0 Å². The zero-order chi connectivity index (χ0) is 17.7. The number of aromatic nitrogens is 3. The molecule has 1 aromatic carbocycles. The lowest BCUT2D eigenvalue weighted by molar-refractivity contribution is 0.336. The van der Waals surface area contributed by atoms with Crippen LogP contribution in [0.1, 0.15) is 11.4 Å². The van der Waals surface area contributed by atoms with Crippen molar-refractivity contribution in [2.45, 2.75) is 12.3 Å². The van der Waals surface area contributed by atoms with Crippen LogP contribution in [0.15, 0.2) is 18.2 Å². The van der Waals surface area contributed by atoms with Crippen LogP contribution >= 0.6 is 0 Å². The van der Waals surface area contributed by atoms with Crippen molar-refractivity contribution in [1.82, 2.24) is 19.7 Å². The Hall–Kier alpha value is -2.40. The second-order valence-corrected chi connectivity index (χ2v) is 6.39. The molecular formula is C13H14F2N4O4S. The first-order valence-electron chi connectivity index (χ1n) is 6.56. The van der Waals surface area contributed by atoms with Crippen molar-refractivity contribution >= 4 is 10.0 Å². The molecule has 11 heteroatoms. The summed E-state index contributed by atoms with van der Waals surface area (Å²) in [6.45, 7) is -0.268. The van der Waals surface area contributed by atoms with Gasteiger partial charge in [0, 0.05) is 6.07 Å². The molecule has 1 aromatic heterocycles. The molecule has 0 aliphatic heterocycles. The quantitative estimate of drug-likeness (QED) is 0.778. The topological polar surface area (TPSA) is 103 Å². The summed E-state index contributed by atoms with van der Waals surface area (Å²) in [5, 5.41) is 0. The Kier molecular flexibility index (Phi) is 5.57. The Morgan fingerprint density at radius 3 is 2.04 bits per heavy atom. The van der Waals surface area contributed by atoms with Crippen molar-refractivity contribution < 1.29 is 26.7 Å². The van der Waals surface area contributed by atoms with Gasteiger partial charge in [-0.1, -0.05) is 0 Å². The van der Waals surface area contributed by atoms with Crippen LogP contribution < -0.4 is 14.2 Å². The predicted molar refractivity (Wildman–Crippen MR) is 78.8 cm³/mol. The maximum Gasteiger partial charge on any atom is 0.322 e. The van der Waals surface area contributed by atoms with Gasteiger partial charge in [-0.3, -0.25) is 0 Å². The molecule has 8 nitrogen and oxygen atoms in total. The van der Waals surface area contributed by atoms with Gasteiger partial charge in [0.15, 0.2) is 5.82 Å². The second-order valence-electron chi connectivity index (χ2n) is 4.58. The number of nitrogens with zero attached hydrogens (tertiary/aromatic N) is 3. The van der Waals surface area contributed by atoms with Gasteiger partial charge in [-0.2, -0.15) is 9.97 Å². The van der Waals surface area contributed by atoms with Crippen molar-refractivity contribution in [2.75, 3.05) is 14.2 Å². The van der Waals surface area contributed by atoms with E-state index in [2.05, 4.69) is 19.7 Å². The Morgan fingerprint density at radius 2 is 1.54 bits per heavy atom. The molecule has 0 unspecified atom stereocenters. The second kappa shape index (κ2) is 7.45. The number of methoxy groups -OCH3 is 2. The van der Waals surface area contributed by atoms with E-state index in [0.29, 0.717) is 6.07 Å². The van der Waals surface area contributed by atoms with E-state index in [1.165, 1.54) is 14.2 Å². The standard InChI is InChI=1S/C13H14F2N4O4S/c1-22-12-17-11(18-13(19-12)23-2)6-16-24(20,21)7-8-3-9(14)5-10(15)4-8/h3-5,16H,6-7H2,1-2H3. The first kappa shape index (κ1) is 17.9. The predicted octanol–water partition coefficient (Wildman–Crippen LogP) is 0.787. The molecule has 0 saturated carbocycles. The number of nitrogens with one attached hydrogen (secondary N) is 1. The van der Waals surface area contributed by atoms with E-state index in [4.69, 9.17) is 9.47 Å². The highest BCUT2D eigenvalue weighted by atomic mass is 32.2. The molecule has 130 valence electrons. The molecule has 0 amide bonds. The molecule has 0 aliphatic rings. The number of hydrogen-bond acceptors (Lipinski definition) is 7. The largest absolute Gasteiger partial charge is 0.467 e. The van der Waals surface area contributed by atoms with Crippen LogP contribution in [-0.4, -0.2) is 37.6 Å². The summed E-state index contributed by atoms with van der Waals surface area (Å²) in [6.07, 6.45) is 0. The fourth-order valence-electron chi connectivity index (χ4n) is 1.78. The molecule has 1 heterocycles. The zero-order valence-corrected chi connectivity index (χ0v) is 13.6. The third-order valence-corrected chi connectivity index (χ3v) is 4.03. The van der Waals surface area contributed by atoms with Gasteiger partial charge in [0.1, 0.15) is 11.6 Å². The highest BCUT2D eigenvalue weighted by molar-refractivity contribution is 7.88. The normalized spacial score (nSPS) is 11.3. The molecule has 0 bridgehead atoms. The van der Waals surface area contributed by atoms with E-state index in [9.17, 15) is 17.2 Å². The van der Waals surface area contributed by atoms with E-state index in [-0.39, 0.29) is 30.0 Å². The van der Waals surface area contributed by atoms with E-state index in [1.54, 1.807) is 0 Å². The summed E-state index contributed by atoms with van der Waals surface area (Å²) >= 11 is 0. The summed E-state index contributed by atoms with van der Waals surface area (Å²) in [5.74, 6) is -2.24. The fourth-order valence-corrected chi connectivity index (χ4v) is 2.84. The van der Waals surface area contributed by atoms with E-state index < -0.39 is 27.4 Å². The number of sulfonamides is 1. The average Bonchev–Trinajstić information content (AvgIpc) is 2.51. The van der Waals surface area contributed by atoms with Gasteiger partial charge in [-0.25, -0.2) is 21.9 Å². The maximum absolute atomic E-state index is 13.1. The highest BCUT2D eigenvalue weighted by Crippen LogP contribution is 2.12. The van der Waals surface area contributed by atoms with E-state index in [1.807, 2.05) is 0 Å². The molecule has 0 aliphatic carbocycles. The minimum absolute atomic E-state index is 0.0224. The first-order chi connectivity index (χ1) is 11.3. The molecular weight excluding hydrogens is 346 g/mol. The number of ether oxygens (including phenoxy) is 2. The summed E-state index contributed by atoms with van der Waals surface area (Å²) in [4.78, 5) is 11.5. The Labute approximate surface area is 136 Å². The van der Waals surface area contributed by atoms with Crippen molar-refractivity contribution in [3.63, 3.8) is 0 Å². The SMILES string of the molecule is COc1nc(CNS(=O)(=O)Cc2cc(F)cc(F)c2)nc(OC)n1. The Bertz CT molecular complexity index is 790. The summed E-state index contributed by atoms with van der Waals surface area (Å²) in [7, 11) is -1.20. The van der Waals surface area contributed by atoms with Gasteiger partial charge in [-0.05, 0) is 17.7 Å². The third kappa shape index (κ3) is 5.06. The number of rotatable bonds is 7. The third-order valence-electron chi connectivity index (χ3n) is 2.74. The monoisotopic (exact) mass is 360 g/mol. The van der Waals surface area contributed by atoms with Gasteiger partial charge in [0.05, 0.1) is 26.5 Å². The number of hydrogen-bond donors (Lipinski definition) is 1. The van der Waals surface area contributed by atoms with Crippen LogP contribution in [0.5, 0.6) is 12.0 Å². The molecule has 0 atom stereocenters. The molecule has 2 rings (SSSR count). The van der Waals surface area contributed by atoms with Crippen molar-refractivity contribution in [3.8, 4) is 12.0 Å². The van der Waals surface area contributed by atoms with E-state index in [0.717, 1.165) is 12.1 Å². The minimum Gasteiger partial charge on any atom is -0.467 e. The molecule has 1 N–H and O–H groups in total. The zero-order valence-electron chi connectivity index (χ0n) is 12.8. The Balaban J connectivity index is 2.10. The van der Waals surface area contributed by atoms with E-state index >= 15 is 0 Å². The van der Waals surface area contributed by atoms with Gasteiger partial charge < -0.3 is 9.47 Å². The Morgan fingerprint density at radius 1 is 1.00 bits per heavy atom. The minimum atomic E-state index is -3.87.